The van der Waals surface area contributed by atoms with Gasteiger partial charge in [-0.05, 0) is 39.3 Å². The second-order valence-electron chi connectivity index (χ2n) is 6.57. The maximum atomic E-state index is 12.0. The third kappa shape index (κ3) is 5.01. The van der Waals surface area contributed by atoms with Crippen molar-refractivity contribution in [2.24, 2.45) is 0 Å². The summed E-state index contributed by atoms with van der Waals surface area (Å²) in [5.74, 6) is 0. The van der Waals surface area contributed by atoms with E-state index in [0.29, 0.717) is 13.1 Å². The largest absolute Gasteiger partial charge is 0.444 e. The number of hydrogen-bond acceptors (Lipinski definition) is 4. The van der Waals surface area contributed by atoms with Crippen molar-refractivity contribution in [2.75, 3.05) is 26.2 Å². The summed E-state index contributed by atoms with van der Waals surface area (Å²) in [7, 11) is 0. The van der Waals surface area contributed by atoms with Crippen LogP contribution in [0.1, 0.15) is 32.0 Å². The van der Waals surface area contributed by atoms with Gasteiger partial charge in [0, 0.05) is 38.9 Å². The Morgan fingerprint density at radius 3 is 2.43 bits per heavy atom. The summed E-state index contributed by atoms with van der Waals surface area (Å²) in [6.07, 6.45) is 1.68. The molecule has 2 rings (SSSR count). The zero-order valence-corrected chi connectivity index (χ0v) is 13.4. The van der Waals surface area contributed by atoms with Gasteiger partial charge in [0.05, 0.1) is 5.69 Å². The molecular weight excluding hydrogens is 266 g/mol. The predicted molar refractivity (Wildman–Crippen MR) is 82.1 cm³/mol. The van der Waals surface area contributed by atoms with Gasteiger partial charge in [-0.25, -0.2) is 4.79 Å². The van der Waals surface area contributed by atoms with E-state index in [1.165, 1.54) is 5.56 Å². The predicted octanol–water partition coefficient (Wildman–Crippen LogP) is 2.44. The van der Waals surface area contributed by atoms with E-state index >= 15 is 0 Å². The highest BCUT2D eigenvalue weighted by atomic mass is 16.6. The molecule has 0 bridgehead atoms. The van der Waals surface area contributed by atoms with E-state index < -0.39 is 5.60 Å². The number of hydrogen-bond donors (Lipinski definition) is 0. The molecule has 0 atom stereocenters. The lowest BCUT2D eigenvalue weighted by Gasteiger charge is -2.35. The maximum absolute atomic E-state index is 12.0. The van der Waals surface area contributed by atoms with Crippen LogP contribution in [0.15, 0.2) is 18.3 Å². The molecule has 0 unspecified atom stereocenters. The molecule has 2 heterocycles. The SMILES string of the molecule is Cc1ccc(CN2CCN(C(=O)OC(C)(C)C)CC2)nc1. The number of aromatic nitrogens is 1. The third-order valence-electron chi connectivity index (χ3n) is 3.38. The van der Waals surface area contributed by atoms with Gasteiger partial charge < -0.3 is 9.64 Å². The average Bonchev–Trinajstić information content (AvgIpc) is 2.40. The van der Waals surface area contributed by atoms with E-state index in [1.54, 1.807) is 4.90 Å². The second-order valence-corrected chi connectivity index (χ2v) is 6.57. The van der Waals surface area contributed by atoms with Crippen LogP contribution < -0.4 is 0 Å². The Morgan fingerprint density at radius 2 is 1.90 bits per heavy atom. The summed E-state index contributed by atoms with van der Waals surface area (Å²) in [5, 5.41) is 0. The quantitative estimate of drug-likeness (QED) is 0.839. The van der Waals surface area contributed by atoms with Crippen LogP contribution in [0.2, 0.25) is 0 Å². The van der Waals surface area contributed by atoms with Crippen molar-refractivity contribution in [1.29, 1.82) is 0 Å². The molecule has 1 amide bonds. The van der Waals surface area contributed by atoms with E-state index in [-0.39, 0.29) is 6.09 Å². The van der Waals surface area contributed by atoms with Gasteiger partial charge in [-0.3, -0.25) is 9.88 Å². The molecule has 1 aromatic heterocycles. The molecule has 116 valence electrons. The summed E-state index contributed by atoms with van der Waals surface area (Å²) < 4.78 is 5.40. The van der Waals surface area contributed by atoms with Crippen molar-refractivity contribution >= 4 is 6.09 Å². The van der Waals surface area contributed by atoms with Crippen LogP contribution in [-0.4, -0.2) is 52.7 Å². The Bertz CT molecular complexity index is 471. The first-order valence-corrected chi connectivity index (χ1v) is 7.45. The molecule has 1 fully saturated rings. The molecular formula is C16H25N3O2. The summed E-state index contributed by atoms with van der Waals surface area (Å²) in [5.41, 5.74) is 1.82. The van der Waals surface area contributed by atoms with Gasteiger partial charge in [0.25, 0.3) is 0 Å². The lowest BCUT2D eigenvalue weighted by molar-refractivity contribution is 0.0138. The Morgan fingerprint density at radius 1 is 1.24 bits per heavy atom. The number of nitrogens with zero attached hydrogens (tertiary/aromatic N) is 3. The van der Waals surface area contributed by atoms with Crippen molar-refractivity contribution < 1.29 is 9.53 Å². The average molecular weight is 291 g/mol. The molecule has 0 radical (unpaired) electrons. The molecule has 1 aliphatic rings. The number of amides is 1. The van der Waals surface area contributed by atoms with Gasteiger partial charge in [-0.1, -0.05) is 6.07 Å². The Labute approximate surface area is 126 Å². The van der Waals surface area contributed by atoms with E-state index in [4.69, 9.17) is 4.74 Å². The van der Waals surface area contributed by atoms with E-state index in [1.807, 2.05) is 33.9 Å². The highest BCUT2D eigenvalue weighted by Gasteiger charge is 2.25. The fraction of sp³-hybridized carbons (Fsp3) is 0.625. The molecule has 21 heavy (non-hydrogen) atoms. The summed E-state index contributed by atoms with van der Waals surface area (Å²) in [4.78, 5) is 20.5. The molecule has 1 aliphatic heterocycles. The van der Waals surface area contributed by atoms with Crippen molar-refractivity contribution in [1.82, 2.24) is 14.8 Å². The van der Waals surface area contributed by atoms with Crippen LogP contribution in [0, 0.1) is 6.92 Å². The van der Waals surface area contributed by atoms with Crippen LogP contribution in [0.5, 0.6) is 0 Å². The minimum Gasteiger partial charge on any atom is -0.444 e. The highest BCUT2D eigenvalue weighted by molar-refractivity contribution is 5.68. The highest BCUT2D eigenvalue weighted by Crippen LogP contribution is 2.13. The normalized spacial score (nSPS) is 16.9. The van der Waals surface area contributed by atoms with E-state index in [9.17, 15) is 4.79 Å². The standard InChI is InChI=1S/C16H25N3O2/c1-13-5-6-14(17-11-13)12-18-7-9-19(10-8-18)15(20)21-16(2,3)4/h5-6,11H,7-10,12H2,1-4H3. The molecule has 0 N–H and O–H groups in total. The molecule has 0 spiro atoms. The maximum Gasteiger partial charge on any atom is 0.410 e. The number of carbonyl (C=O) groups excluding carboxylic acids is 1. The number of aryl methyl sites for hydroxylation is 1. The molecule has 1 aromatic rings. The van der Waals surface area contributed by atoms with Gasteiger partial charge in [0.15, 0.2) is 0 Å². The van der Waals surface area contributed by atoms with Crippen molar-refractivity contribution in [3.63, 3.8) is 0 Å². The van der Waals surface area contributed by atoms with Crippen LogP contribution in [-0.2, 0) is 11.3 Å². The molecule has 0 aromatic carbocycles. The Kier molecular flexibility index (Phi) is 4.83. The summed E-state index contributed by atoms with van der Waals surface area (Å²) >= 11 is 0. The number of pyridine rings is 1. The summed E-state index contributed by atoms with van der Waals surface area (Å²) in [6.45, 7) is 11.7. The van der Waals surface area contributed by atoms with Gasteiger partial charge in [-0.15, -0.1) is 0 Å². The third-order valence-corrected chi connectivity index (χ3v) is 3.38. The Balaban J connectivity index is 1.80. The van der Waals surface area contributed by atoms with Crippen molar-refractivity contribution in [2.45, 2.75) is 39.8 Å². The molecule has 5 nitrogen and oxygen atoms in total. The molecule has 1 saturated heterocycles. The van der Waals surface area contributed by atoms with Crippen LogP contribution >= 0.6 is 0 Å². The molecule has 0 aliphatic carbocycles. The van der Waals surface area contributed by atoms with Gasteiger partial charge in [0.1, 0.15) is 5.60 Å². The lowest BCUT2D eigenvalue weighted by atomic mass is 10.2. The van der Waals surface area contributed by atoms with Crippen LogP contribution in [0.25, 0.3) is 0 Å². The fourth-order valence-corrected chi connectivity index (χ4v) is 2.24. The fourth-order valence-electron chi connectivity index (χ4n) is 2.24. The van der Waals surface area contributed by atoms with Crippen molar-refractivity contribution in [3.8, 4) is 0 Å². The minimum absolute atomic E-state index is 0.212. The molecule has 5 heteroatoms. The monoisotopic (exact) mass is 291 g/mol. The molecule has 0 saturated carbocycles. The number of ether oxygens (including phenoxy) is 1. The van der Waals surface area contributed by atoms with Gasteiger partial charge in [0.2, 0.25) is 0 Å². The Hall–Kier alpha value is -1.62. The minimum atomic E-state index is -0.431. The lowest BCUT2D eigenvalue weighted by Crippen LogP contribution is -2.49. The van der Waals surface area contributed by atoms with E-state index in [2.05, 4.69) is 22.0 Å². The first-order chi connectivity index (χ1) is 9.83. The first-order valence-electron chi connectivity index (χ1n) is 7.45. The zero-order valence-electron chi connectivity index (χ0n) is 13.4. The smallest absolute Gasteiger partial charge is 0.410 e. The van der Waals surface area contributed by atoms with E-state index in [0.717, 1.165) is 25.3 Å². The van der Waals surface area contributed by atoms with Crippen LogP contribution in [0.4, 0.5) is 4.79 Å². The van der Waals surface area contributed by atoms with Crippen molar-refractivity contribution in [3.05, 3.63) is 29.6 Å². The van der Waals surface area contributed by atoms with Gasteiger partial charge in [-0.2, -0.15) is 0 Å². The zero-order chi connectivity index (χ0) is 15.5. The number of rotatable bonds is 2. The number of carbonyl (C=O) groups is 1. The first kappa shape index (κ1) is 15.8. The summed E-state index contributed by atoms with van der Waals surface area (Å²) in [6, 6.07) is 4.15. The van der Waals surface area contributed by atoms with Gasteiger partial charge >= 0.3 is 6.09 Å². The van der Waals surface area contributed by atoms with Crippen LogP contribution in [0.3, 0.4) is 0 Å². The second kappa shape index (κ2) is 6.43. The topological polar surface area (TPSA) is 45.7 Å². The number of piperazine rings is 1.